The molecule has 7 heteroatoms. The molecule has 0 saturated heterocycles. The summed E-state index contributed by atoms with van der Waals surface area (Å²) in [6, 6.07) is 9.15. The number of carbonyl (C=O) groups is 1. The third kappa shape index (κ3) is 4.53. The van der Waals surface area contributed by atoms with Crippen LogP contribution in [0.15, 0.2) is 30.3 Å². The fourth-order valence-corrected chi connectivity index (χ4v) is 2.84. The van der Waals surface area contributed by atoms with Crippen LogP contribution in [0.25, 0.3) is 0 Å². The van der Waals surface area contributed by atoms with Crippen molar-refractivity contribution in [1.82, 2.24) is 5.32 Å². The van der Waals surface area contributed by atoms with E-state index in [1.165, 1.54) is 0 Å². The van der Waals surface area contributed by atoms with E-state index in [4.69, 9.17) is 9.29 Å². The van der Waals surface area contributed by atoms with Gasteiger partial charge in [-0.05, 0) is 18.4 Å². The van der Waals surface area contributed by atoms with E-state index in [2.05, 4.69) is 5.32 Å². The molecule has 0 bridgehead atoms. The fraction of sp³-hybridized carbons (Fsp3) is 0.417. The Morgan fingerprint density at radius 3 is 2.47 bits per heavy atom. The number of benzene rings is 1. The number of amides is 1. The van der Waals surface area contributed by atoms with Crippen LogP contribution in [0.3, 0.4) is 0 Å². The van der Waals surface area contributed by atoms with Gasteiger partial charge in [0, 0.05) is 0 Å². The maximum Gasteiger partial charge on any atom is 0.407 e. The van der Waals surface area contributed by atoms with E-state index in [0.29, 0.717) is 12.8 Å². The Kier molecular flexibility index (Phi) is 3.77. The molecular weight excluding hydrogens is 270 g/mol. The molecule has 1 amide bonds. The maximum atomic E-state index is 11.5. The van der Waals surface area contributed by atoms with E-state index in [9.17, 15) is 13.2 Å². The molecule has 0 radical (unpaired) electrons. The van der Waals surface area contributed by atoms with Crippen molar-refractivity contribution < 1.29 is 22.5 Å². The lowest BCUT2D eigenvalue weighted by Crippen LogP contribution is -2.42. The molecule has 0 aliphatic heterocycles. The van der Waals surface area contributed by atoms with Gasteiger partial charge in [0.1, 0.15) is 6.61 Å². The molecule has 0 heterocycles. The van der Waals surface area contributed by atoms with Gasteiger partial charge in [-0.25, -0.2) is 4.79 Å². The standard InChI is InChI=1S/C12H15NO5S/c14-11(18-8-10-4-2-1-3-5-10)13-12(6-7-12)9-19(15,16)17/h1-5H,6-9H2,(H,13,14)(H,15,16,17). The Morgan fingerprint density at radius 1 is 1.32 bits per heavy atom. The van der Waals surface area contributed by atoms with Gasteiger partial charge >= 0.3 is 6.09 Å². The first-order chi connectivity index (χ1) is 8.89. The summed E-state index contributed by atoms with van der Waals surface area (Å²) < 4.78 is 35.4. The second-order valence-electron chi connectivity index (χ2n) is 4.69. The van der Waals surface area contributed by atoms with Gasteiger partial charge in [0.05, 0.1) is 11.3 Å². The van der Waals surface area contributed by atoms with Gasteiger partial charge < -0.3 is 10.1 Å². The van der Waals surface area contributed by atoms with E-state index in [-0.39, 0.29) is 6.61 Å². The molecule has 6 nitrogen and oxygen atoms in total. The van der Waals surface area contributed by atoms with Crippen molar-refractivity contribution in [2.24, 2.45) is 0 Å². The lowest BCUT2D eigenvalue weighted by molar-refractivity contribution is 0.135. The summed E-state index contributed by atoms with van der Waals surface area (Å²) in [5, 5.41) is 2.49. The van der Waals surface area contributed by atoms with Crippen LogP contribution in [0.5, 0.6) is 0 Å². The summed E-state index contributed by atoms with van der Waals surface area (Å²) in [5.74, 6) is -0.472. The summed E-state index contributed by atoms with van der Waals surface area (Å²) >= 11 is 0. The highest BCUT2D eigenvalue weighted by Crippen LogP contribution is 2.36. The molecule has 1 saturated carbocycles. The van der Waals surface area contributed by atoms with Crippen LogP contribution in [0.1, 0.15) is 18.4 Å². The molecule has 1 fully saturated rings. The first kappa shape index (κ1) is 13.8. The smallest absolute Gasteiger partial charge is 0.407 e. The van der Waals surface area contributed by atoms with Crippen molar-refractivity contribution in [1.29, 1.82) is 0 Å². The van der Waals surface area contributed by atoms with Crippen LogP contribution >= 0.6 is 0 Å². The van der Waals surface area contributed by atoms with E-state index in [1.54, 1.807) is 0 Å². The van der Waals surface area contributed by atoms with Gasteiger partial charge in [-0.3, -0.25) is 4.55 Å². The molecule has 2 N–H and O–H groups in total. The highest BCUT2D eigenvalue weighted by Gasteiger charge is 2.47. The predicted octanol–water partition coefficient (Wildman–Crippen LogP) is 1.33. The molecule has 2 rings (SSSR count). The molecular formula is C12H15NO5S. The zero-order chi connectivity index (χ0) is 13.9. The number of rotatable bonds is 5. The van der Waals surface area contributed by atoms with Crippen molar-refractivity contribution in [3.05, 3.63) is 35.9 Å². The highest BCUT2D eigenvalue weighted by molar-refractivity contribution is 7.85. The average molecular weight is 285 g/mol. The highest BCUT2D eigenvalue weighted by atomic mass is 32.2. The van der Waals surface area contributed by atoms with Crippen LogP contribution in [-0.4, -0.2) is 30.4 Å². The van der Waals surface area contributed by atoms with Crippen molar-refractivity contribution in [2.75, 3.05) is 5.75 Å². The topological polar surface area (TPSA) is 92.7 Å². The third-order valence-corrected chi connectivity index (χ3v) is 3.81. The lowest BCUT2D eigenvalue weighted by Gasteiger charge is -2.15. The van der Waals surface area contributed by atoms with Gasteiger partial charge in [-0.15, -0.1) is 0 Å². The van der Waals surface area contributed by atoms with Gasteiger partial charge in [0.25, 0.3) is 10.1 Å². The molecule has 1 aliphatic rings. The second kappa shape index (κ2) is 5.18. The second-order valence-corrected chi connectivity index (χ2v) is 6.15. The molecule has 1 aromatic carbocycles. The number of carbonyl (C=O) groups excluding carboxylic acids is 1. The zero-order valence-corrected chi connectivity index (χ0v) is 11.0. The monoisotopic (exact) mass is 285 g/mol. The first-order valence-electron chi connectivity index (χ1n) is 5.83. The van der Waals surface area contributed by atoms with Crippen molar-refractivity contribution in [3.8, 4) is 0 Å². The molecule has 104 valence electrons. The SMILES string of the molecule is O=C(NC1(CS(=O)(=O)O)CC1)OCc1ccccc1. The normalized spacial score (nSPS) is 16.7. The van der Waals surface area contributed by atoms with E-state index < -0.39 is 27.5 Å². The van der Waals surface area contributed by atoms with Gasteiger partial charge in [-0.2, -0.15) is 8.42 Å². The Balaban J connectivity index is 1.82. The number of alkyl carbamates (subject to hydrolysis) is 1. The fourth-order valence-electron chi connectivity index (χ4n) is 1.78. The largest absolute Gasteiger partial charge is 0.445 e. The Bertz CT molecular complexity index is 551. The van der Waals surface area contributed by atoms with E-state index in [0.717, 1.165) is 5.56 Å². The summed E-state index contributed by atoms with van der Waals surface area (Å²) in [5.41, 5.74) is -0.0151. The van der Waals surface area contributed by atoms with Gasteiger partial charge in [0.15, 0.2) is 0 Å². The van der Waals surface area contributed by atoms with Crippen LogP contribution < -0.4 is 5.32 Å². The van der Waals surface area contributed by atoms with Gasteiger partial charge in [0.2, 0.25) is 0 Å². The lowest BCUT2D eigenvalue weighted by atomic mass is 10.2. The van der Waals surface area contributed by atoms with Crippen molar-refractivity contribution >= 4 is 16.2 Å². The van der Waals surface area contributed by atoms with Crippen LogP contribution in [0.4, 0.5) is 4.79 Å². The summed E-state index contributed by atoms with van der Waals surface area (Å²) in [6.45, 7) is 0.120. The summed E-state index contributed by atoms with van der Waals surface area (Å²) in [7, 11) is -4.10. The summed E-state index contributed by atoms with van der Waals surface area (Å²) in [4.78, 5) is 11.5. The number of nitrogens with one attached hydrogen (secondary N) is 1. The minimum atomic E-state index is -4.10. The zero-order valence-electron chi connectivity index (χ0n) is 10.2. The van der Waals surface area contributed by atoms with E-state index >= 15 is 0 Å². The first-order valence-corrected chi connectivity index (χ1v) is 7.44. The molecule has 19 heavy (non-hydrogen) atoms. The number of hydrogen-bond acceptors (Lipinski definition) is 4. The van der Waals surface area contributed by atoms with Crippen molar-refractivity contribution in [2.45, 2.75) is 25.0 Å². The van der Waals surface area contributed by atoms with Crippen LogP contribution in [0.2, 0.25) is 0 Å². The Hall–Kier alpha value is -1.60. The number of ether oxygens (including phenoxy) is 1. The molecule has 1 aliphatic carbocycles. The molecule has 1 aromatic rings. The molecule has 0 unspecified atom stereocenters. The Labute approximate surface area is 111 Å². The quantitative estimate of drug-likeness (QED) is 0.796. The van der Waals surface area contributed by atoms with Crippen molar-refractivity contribution in [3.63, 3.8) is 0 Å². The minimum Gasteiger partial charge on any atom is -0.445 e. The minimum absolute atomic E-state index is 0.120. The number of hydrogen-bond donors (Lipinski definition) is 2. The van der Waals surface area contributed by atoms with Crippen LogP contribution in [0, 0.1) is 0 Å². The van der Waals surface area contributed by atoms with E-state index in [1.807, 2.05) is 30.3 Å². The Morgan fingerprint density at radius 2 is 1.95 bits per heavy atom. The summed E-state index contributed by atoms with van der Waals surface area (Å²) in [6.07, 6.45) is 0.366. The third-order valence-electron chi connectivity index (χ3n) is 2.89. The van der Waals surface area contributed by atoms with Gasteiger partial charge in [-0.1, -0.05) is 30.3 Å². The average Bonchev–Trinajstić information content (AvgIpc) is 3.04. The molecule has 0 atom stereocenters. The molecule has 0 spiro atoms. The van der Waals surface area contributed by atoms with Crippen LogP contribution in [-0.2, 0) is 21.5 Å². The molecule has 0 aromatic heterocycles. The predicted molar refractivity (Wildman–Crippen MR) is 68.1 cm³/mol. The maximum absolute atomic E-state index is 11.5.